The lowest BCUT2D eigenvalue weighted by atomic mass is 9.96. The number of nitrogens with zero attached hydrogens (tertiary/aromatic N) is 4. The summed E-state index contributed by atoms with van der Waals surface area (Å²) in [4.78, 5) is 17.6. The molecular weight excluding hydrogens is 292 g/mol. The van der Waals surface area contributed by atoms with Crippen LogP contribution in [0.5, 0.6) is 0 Å². The van der Waals surface area contributed by atoms with Gasteiger partial charge in [-0.25, -0.2) is 19.9 Å². The van der Waals surface area contributed by atoms with E-state index in [-0.39, 0.29) is 5.41 Å². The number of aryl methyl sites for hydroxylation is 2. The van der Waals surface area contributed by atoms with Gasteiger partial charge in [-0.3, -0.25) is 0 Å². The first-order valence-corrected chi connectivity index (χ1v) is 7.49. The molecule has 0 saturated carbocycles. The first-order chi connectivity index (χ1) is 9.24. The summed E-state index contributed by atoms with van der Waals surface area (Å²) in [7, 11) is 0. The zero-order valence-corrected chi connectivity index (χ0v) is 13.8. The highest BCUT2D eigenvalue weighted by Crippen LogP contribution is 2.28. The summed E-state index contributed by atoms with van der Waals surface area (Å²) in [6, 6.07) is 3.68. The summed E-state index contributed by atoms with van der Waals surface area (Å²) >= 11 is 7.48. The average Bonchev–Trinajstić information content (AvgIpc) is 2.25. The first-order valence-electron chi connectivity index (χ1n) is 6.29. The molecule has 2 aromatic rings. The summed E-state index contributed by atoms with van der Waals surface area (Å²) in [6.45, 7) is 10.1. The fourth-order valence-electron chi connectivity index (χ4n) is 1.62. The minimum Gasteiger partial charge on any atom is -0.228 e. The van der Waals surface area contributed by atoms with Crippen molar-refractivity contribution in [3.63, 3.8) is 0 Å². The average molecular weight is 309 g/mol. The molecule has 0 saturated heterocycles. The maximum atomic E-state index is 6.08. The van der Waals surface area contributed by atoms with Gasteiger partial charge in [0, 0.05) is 22.9 Å². The van der Waals surface area contributed by atoms with Crippen molar-refractivity contribution >= 4 is 23.4 Å². The standard InChI is InChI=1S/C14H17ClN4S/c1-8-6-9(2)17-13(16-8)20-11-7-10(15)18-12(19-11)14(3,4)5/h6-7H,1-5H3. The highest BCUT2D eigenvalue weighted by atomic mass is 35.5. The van der Waals surface area contributed by atoms with E-state index >= 15 is 0 Å². The molecule has 0 N–H and O–H groups in total. The van der Waals surface area contributed by atoms with Gasteiger partial charge in [0.25, 0.3) is 0 Å². The third-order valence-corrected chi connectivity index (χ3v) is 3.48. The van der Waals surface area contributed by atoms with Crippen molar-refractivity contribution in [3.8, 4) is 0 Å². The van der Waals surface area contributed by atoms with E-state index in [1.54, 1.807) is 6.07 Å². The molecule has 0 radical (unpaired) electrons. The molecule has 2 heterocycles. The van der Waals surface area contributed by atoms with Crippen LogP contribution in [0.25, 0.3) is 0 Å². The van der Waals surface area contributed by atoms with Crippen LogP contribution in [0.2, 0.25) is 5.15 Å². The molecular formula is C14H17ClN4S. The smallest absolute Gasteiger partial charge is 0.194 e. The molecule has 6 heteroatoms. The number of rotatable bonds is 2. The van der Waals surface area contributed by atoms with Gasteiger partial charge >= 0.3 is 0 Å². The molecule has 0 fully saturated rings. The number of halogens is 1. The lowest BCUT2D eigenvalue weighted by molar-refractivity contribution is 0.538. The minimum atomic E-state index is -0.149. The van der Waals surface area contributed by atoms with E-state index in [0.29, 0.717) is 10.3 Å². The second-order valence-electron chi connectivity index (χ2n) is 5.64. The Hall–Kier alpha value is -1.20. The van der Waals surface area contributed by atoms with Crippen molar-refractivity contribution < 1.29 is 0 Å². The second-order valence-corrected chi connectivity index (χ2v) is 7.01. The second kappa shape index (κ2) is 5.66. The third kappa shape index (κ3) is 3.90. The van der Waals surface area contributed by atoms with Crippen molar-refractivity contribution in [3.05, 3.63) is 34.5 Å². The van der Waals surface area contributed by atoms with Gasteiger partial charge in [-0.15, -0.1) is 0 Å². The molecule has 0 aliphatic heterocycles. The van der Waals surface area contributed by atoms with Crippen LogP contribution in [-0.2, 0) is 5.41 Å². The predicted octanol–water partition coefficient (Wildman–Crippen LogP) is 3.99. The van der Waals surface area contributed by atoms with Crippen molar-refractivity contribution in [1.82, 2.24) is 19.9 Å². The highest BCUT2D eigenvalue weighted by molar-refractivity contribution is 7.99. The lowest BCUT2D eigenvalue weighted by Crippen LogP contribution is -2.16. The van der Waals surface area contributed by atoms with Crippen molar-refractivity contribution in [1.29, 1.82) is 0 Å². The topological polar surface area (TPSA) is 51.6 Å². The van der Waals surface area contributed by atoms with E-state index < -0.39 is 0 Å². The Morgan fingerprint density at radius 1 is 0.950 bits per heavy atom. The maximum absolute atomic E-state index is 6.08. The van der Waals surface area contributed by atoms with Gasteiger partial charge in [0.2, 0.25) is 0 Å². The zero-order chi connectivity index (χ0) is 14.9. The largest absolute Gasteiger partial charge is 0.228 e. The van der Waals surface area contributed by atoms with Crippen LogP contribution in [-0.4, -0.2) is 19.9 Å². The maximum Gasteiger partial charge on any atom is 0.194 e. The molecule has 0 atom stereocenters. The number of hydrogen-bond donors (Lipinski definition) is 0. The molecule has 0 amide bonds. The summed E-state index contributed by atoms with van der Waals surface area (Å²) in [5.74, 6) is 0.719. The van der Waals surface area contributed by atoms with E-state index in [4.69, 9.17) is 11.6 Å². The Balaban J connectivity index is 2.36. The summed E-state index contributed by atoms with van der Waals surface area (Å²) < 4.78 is 0. The molecule has 0 bridgehead atoms. The molecule has 20 heavy (non-hydrogen) atoms. The minimum absolute atomic E-state index is 0.149. The van der Waals surface area contributed by atoms with Gasteiger partial charge in [0.15, 0.2) is 5.16 Å². The van der Waals surface area contributed by atoms with Gasteiger partial charge in [-0.1, -0.05) is 32.4 Å². The van der Waals surface area contributed by atoms with E-state index in [1.165, 1.54) is 11.8 Å². The Morgan fingerprint density at radius 3 is 2.10 bits per heavy atom. The first kappa shape index (κ1) is 15.2. The Labute approximate surface area is 128 Å². The van der Waals surface area contributed by atoms with Crippen molar-refractivity contribution in [2.75, 3.05) is 0 Å². The third-order valence-electron chi connectivity index (χ3n) is 2.50. The van der Waals surface area contributed by atoms with Crippen molar-refractivity contribution in [2.24, 2.45) is 0 Å². The van der Waals surface area contributed by atoms with E-state index in [2.05, 4.69) is 40.7 Å². The molecule has 0 unspecified atom stereocenters. The van der Waals surface area contributed by atoms with Crippen LogP contribution < -0.4 is 0 Å². The molecule has 4 nitrogen and oxygen atoms in total. The molecule has 0 aromatic carbocycles. The Kier molecular flexibility index (Phi) is 4.30. The molecule has 2 aromatic heterocycles. The molecule has 0 aliphatic rings. The van der Waals surface area contributed by atoms with Crippen LogP contribution in [0.1, 0.15) is 38.0 Å². The van der Waals surface area contributed by atoms with Gasteiger partial charge in [0.05, 0.1) is 0 Å². The summed E-state index contributed by atoms with van der Waals surface area (Å²) in [5, 5.41) is 1.88. The molecule has 106 valence electrons. The van der Waals surface area contributed by atoms with Crippen LogP contribution in [0.15, 0.2) is 22.3 Å². The molecule has 0 aliphatic carbocycles. The van der Waals surface area contributed by atoms with Gasteiger partial charge in [-0.2, -0.15) is 0 Å². The fourth-order valence-corrected chi connectivity index (χ4v) is 2.73. The number of aromatic nitrogens is 4. The quantitative estimate of drug-likeness (QED) is 0.620. The van der Waals surface area contributed by atoms with E-state index in [1.807, 2.05) is 19.9 Å². The van der Waals surface area contributed by atoms with Crippen LogP contribution in [0.3, 0.4) is 0 Å². The van der Waals surface area contributed by atoms with Gasteiger partial charge < -0.3 is 0 Å². The fraction of sp³-hybridized carbons (Fsp3) is 0.429. The normalized spacial score (nSPS) is 11.7. The summed E-state index contributed by atoms with van der Waals surface area (Å²) in [6.07, 6.45) is 0. The zero-order valence-electron chi connectivity index (χ0n) is 12.2. The predicted molar refractivity (Wildman–Crippen MR) is 81.4 cm³/mol. The summed E-state index contributed by atoms with van der Waals surface area (Å²) in [5.41, 5.74) is 1.73. The van der Waals surface area contributed by atoms with Crippen LogP contribution in [0.4, 0.5) is 0 Å². The SMILES string of the molecule is Cc1cc(C)nc(Sc2cc(Cl)nc(C(C)(C)C)n2)n1. The highest BCUT2D eigenvalue weighted by Gasteiger charge is 2.19. The van der Waals surface area contributed by atoms with Gasteiger partial charge in [-0.05, 0) is 31.7 Å². The Bertz CT molecular complexity index is 617. The van der Waals surface area contributed by atoms with Crippen LogP contribution >= 0.6 is 23.4 Å². The Morgan fingerprint density at radius 2 is 1.55 bits per heavy atom. The number of hydrogen-bond acceptors (Lipinski definition) is 5. The van der Waals surface area contributed by atoms with E-state index in [0.717, 1.165) is 22.2 Å². The van der Waals surface area contributed by atoms with Crippen LogP contribution in [0, 0.1) is 13.8 Å². The van der Waals surface area contributed by atoms with Gasteiger partial charge in [0.1, 0.15) is 16.0 Å². The molecule has 2 rings (SSSR count). The lowest BCUT2D eigenvalue weighted by Gasteiger charge is -2.17. The van der Waals surface area contributed by atoms with Crippen molar-refractivity contribution in [2.45, 2.75) is 50.2 Å². The molecule has 0 spiro atoms. The van der Waals surface area contributed by atoms with E-state index in [9.17, 15) is 0 Å². The monoisotopic (exact) mass is 308 g/mol.